The van der Waals surface area contributed by atoms with E-state index in [9.17, 15) is 18.7 Å². The van der Waals surface area contributed by atoms with E-state index in [1.807, 2.05) is 13.0 Å². The molecular formula is C29H44F2O4. The summed E-state index contributed by atoms with van der Waals surface area (Å²) in [7, 11) is 0. The van der Waals surface area contributed by atoms with Gasteiger partial charge < -0.3 is 14.9 Å². The molecule has 0 amide bonds. The van der Waals surface area contributed by atoms with Crippen LogP contribution in [-0.2, 0) is 22.4 Å². The minimum atomic E-state index is -0.775. The zero-order valence-corrected chi connectivity index (χ0v) is 21.3. The number of ether oxygens (including phenoxy) is 1. The number of hydrogen-bond acceptors (Lipinski definition) is 4. The topological polar surface area (TPSA) is 66.8 Å². The third kappa shape index (κ3) is 8.52. The Morgan fingerprint density at radius 3 is 2.66 bits per heavy atom. The van der Waals surface area contributed by atoms with E-state index in [0.717, 1.165) is 62.5 Å². The maximum Gasteiger partial charge on any atom is 0.305 e. The van der Waals surface area contributed by atoms with Crippen LogP contribution in [0.4, 0.5) is 8.78 Å². The second kappa shape index (κ2) is 14.3. The van der Waals surface area contributed by atoms with Gasteiger partial charge in [-0.1, -0.05) is 38.7 Å². The van der Waals surface area contributed by atoms with E-state index in [2.05, 4.69) is 0 Å². The highest BCUT2D eigenvalue weighted by Gasteiger charge is 2.36. The minimum Gasteiger partial charge on any atom is -0.465 e. The molecule has 0 radical (unpaired) electrons. The molecule has 0 aliphatic heterocycles. The Hall–Kier alpha value is -1.53. The molecule has 0 aromatic heterocycles. The molecule has 1 saturated carbocycles. The fourth-order valence-electron chi connectivity index (χ4n) is 5.98. The molecule has 2 aliphatic carbocycles. The third-order valence-corrected chi connectivity index (χ3v) is 8.38. The molecule has 0 bridgehead atoms. The average Bonchev–Trinajstić information content (AvgIpc) is 3.43. The number of hydrogen-bond donors (Lipinski definition) is 2. The predicted octanol–water partition coefficient (Wildman–Crippen LogP) is 5.95. The smallest absolute Gasteiger partial charge is 0.305 e. The Bertz CT molecular complexity index is 782. The van der Waals surface area contributed by atoms with E-state index < -0.39 is 12.3 Å². The lowest BCUT2D eigenvalue weighted by atomic mass is 9.84. The number of carbonyl (C=O) groups excluding carboxylic acids is 1. The number of aliphatic hydroxyl groups is 2. The van der Waals surface area contributed by atoms with E-state index in [-0.39, 0.29) is 36.1 Å². The Labute approximate surface area is 209 Å². The van der Waals surface area contributed by atoms with Crippen LogP contribution >= 0.6 is 0 Å². The van der Waals surface area contributed by atoms with Gasteiger partial charge in [-0.05, 0) is 92.4 Å². The van der Waals surface area contributed by atoms with Crippen molar-refractivity contribution in [2.75, 3.05) is 13.2 Å². The second-order valence-electron chi connectivity index (χ2n) is 10.8. The molecule has 0 heterocycles. The van der Waals surface area contributed by atoms with Gasteiger partial charge in [0.05, 0.1) is 12.7 Å². The minimum absolute atomic E-state index is 0.0257. The van der Waals surface area contributed by atoms with Gasteiger partial charge in [0.1, 0.15) is 12.0 Å². The largest absolute Gasteiger partial charge is 0.465 e. The van der Waals surface area contributed by atoms with Crippen LogP contribution in [0.1, 0.15) is 88.7 Å². The van der Waals surface area contributed by atoms with Gasteiger partial charge >= 0.3 is 5.97 Å². The first-order valence-electron chi connectivity index (χ1n) is 13.8. The number of unbranched alkanes of at least 4 members (excludes halogenated alkanes) is 3. The van der Waals surface area contributed by atoms with Crippen molar-refractivity contribution in [3.05, 3.63) is 35.1 Å². The summed E-state index contributed by atoms with van der Waals surface area (Å²) in [5.74, 6) is 0.115. The third-order valence-electron chi connectivity index (χ3n) is 8.38. The number of aliphatic hydroxyl groups excluding tert-OH is 2. The SMILES string of the molecule is CCC(CO)COC(=O)CCCCCC[C@H]1CC[C@H](F)[C@@H]1CC[C@H](O)C1Cc2ccc(F)cc2C1. The summed E-state index contributed by atoms with van der Waals surface area (Å²) in [5, 5.41) is 19.9. The van der Waals surface area contributed by atoms with Gasteiger partial charge in [0.15, 0.2) is 0 Å². The Kier molecular flexibility index (Phi) is 11.4. The summed E-state index contributed by atoms with van der Waals surface area (Å²) in [6, 6.07) is 4.88. The molecule has 35 heavy (non-hydrogen) atoms. The average molecular weight is 495 g/mol. The fraction of sp³-hybridized carbons (Fsp3) is 0.759. The standard InChI is InChI=1S/C29H44F2O4/c1-2-20(18-32)19-35-29(34)8-6-4-3-5-7-21-10-13-27(31)26(21)12-14-28(33)24-15-22-9-11-25(30)17-23(22)16-24/h9,11,17,20-21,24,26-28,32-33H,2-8,10,12-16,18-19H2,1H3/t20?,21-,24?,26+,27-,28-/m0/s1. The zero-order valence-electron chi connectivity index (χ0n) is 21.3. The highest BCUT2D eigenvalue weighted by atomic mass is 19.1. The predicted molar refractivity (Wildman–Crippen MR) is 133 cm³/mol. The van der Waals surface area contributed by atoms with E-state index in [4.69, 9.17) is 9.84 Å². The van der Waals surface area contributed by atoms with Crippen molar-refractivity contribution in [2.45, 2.75) is 103 Å². The lowest BCUT2D eigenvalue weighted by Crippen LogP contribution is -2.24. The summed E-state index contributed by atoms with van der Waals surface area (Å²) in [5.41, 5.74) is 2.13. The second-order valence-corrected chi connectivity index (χ2v) is 10.8. The lowest BCUT2D eigenvalue weighted by molar-refractivity contribution is -0.145. The van der Waals surface area contributed by atoms with E-state index in [1.165, 1.54) is 6.07 Å². The monoisotopic (exact) mass is 494 g/mol. The van der Waals surface area contributed by atoms with E-state index in [1.54, 1.807) is 6.07 Å². The molecule has 198 valence electrons. The summed E-state index contributed by atoms with van der Waals surface area (Å²) >= 11 is 0. The lowest BCUT2D eigenvalue weighted by Gasteiger charge is -2.24. The molecule has 2 aliphatic rings. The van der Waals surface area contributed by atoms with Gasteiger partial charge in [-0.3, -0.25) is 4.79 Å². The zero-order chi connectivity index (χ0) is 25.2. The van der Waals surface area contributed by atoms with Crippen molar-refractivity contribution in [1.29, 1.82) is 0 Å². The number of carbonyl (C=O) groups is 1. The maximum absolute atomic E-state index is 14.6. The van der Waals surface area contributed by atoms with Crippen molar-refractivity contribution in [3.8, 4) is 0 Å². The first kappa shape index (κ1) is 28.0. The van der Waals surface area contributed by atoms with Crippen molar-refractivity contribution < 1.29 is 28.5 Å². The van der Waals surface area contributed by atoms with Gasteiger partial charge in [-0.15, -0.1) is 0 Å². The highest BCUT2D eigenvalue weighted by Crippen LogP contribution is 2.41. The molecule has 3 rings (SSSR count). The van der Waals surface area contributed by atoms with E-state index >= 15 is 0 Å². The number of alkyl halides is 1. The Balaban J connectivity index is 1.30. The Morgan fingerprint density at radius 2 is 1.89 bits per heavy atom. The van der Waals surface area contributed by atoms with Crippen LogP contribution in [0.5, 0.6) is 0 Å². The van der Waals surface area contributed by atoms with Crippen LogP contribution in [0.15, 0.2) is 18.2 Å². The summed E-state index contributed by atoms with van der Waals surface area (Å²) in [6.07, 6.45) is 9.15. The molecule has 0 saturated heterocycles. The normalized spacial score (nSPS) is 25.4. The number of benzene rings is 1. The molecule has 4 nitrogen and oxygen atoms in total. The van der Waals surface area contributed by atoms with Crippen molar-refractivity contribution in [1.82, 2.24) is 0 Å². The first-order valence-corrected chi connectivity index (χ1v) is 13.8. The molecule has 1 aromatic rings. The van der Waals surface area contributed by atoms with E-state index in [0.29, 0.717) is 44.6 Å². The first-order chi connectivity index (χ1) is 16.9. The fourth-order valence-corrected chi connectivity index (χ4v) is 5.98. The van der Waals surface area contributed by atoms with Crippen LogP contribution < -0.4 is 0 Å². The molecule has 6 atom stereocenters. The number of halogens is 2. The van der Waals surface area contributed by atoms with Crippen molar-refractivity contribution >= 4 is 5.97 Å². The number of fused-ring (bicyclic) bond motifs is 1. The van der Waals surface area contributed by atoms with Crippen LogP contribution in [0, 0.1) is 29.5 Å². The number of esters is 1. The van der Waals surface area contributed by atoms with Gasteiger partial charge in [0.2, 0.25) is 0 Å². The summed E-state index contributed by atoms with van der Waals surface area (Å²) in [6.45, 7) is 2.30. The molecule has 2 unspecified atom stereocenters. The maximum atomic E-state index is 14.6. The van der Waals surface area contributed by atoms with Crippen molar-refractivity contribution in [2.24, 2.45) is 23.7 Å². The summed E-state index contributed by atoms with van der Waals surface area (Å²) < 4.78 is 33.3. The quantitative estimate of drug-likeness (QED) is 0.234. The molecule has 2 N–H and O–H groups in total. The summed E-state index contributed by atoms with van der Waals surface area (Å²) in [4.78, 5) is 11.8. The van der Waals surface area contributed by atoms with Gasteiger partial charge in [-0.2, -0.15) is 0 Å². The molecule has 1 fully saturated rings. The van der Waals surface area contributed by atoms with Crippen LogP contribution in [-0.4, -0.2) is 41.7 Å². The van der Waals surface area contributed by atoms with Crippen LogP contribution in [0.2, 0.25) is 0 Å². The van der Waals surface area contributed by atoms with Crippen LogP contribution in [0.25, 0.3) is 0 Å². The van der Waals surface area contributed by atoms with Crippen molar-refractivity contribution in [3.63, 3.8) is 0 Å². The van der Waals surface area contributed by atoms with Gasteiger partial charge in [0, 0.05) is 18.9 Å². The molecule has 1 aromatic carbocycles. The highest BCUT2D eigenvalue weighted by molar-refractivity contribution is 5.69. The van der Waals surface area contributed by atoms with Crippen LogP contribution in [0.3, 0.4) is 0 Å². The Morgan fingerprint density at radius 1 is 1.11 bits per heavy atom. The molecular weight excluding hydrogens is 450 g/mol. The van der Waals surface area contributed by atoms with Gasteiger partial charge in [0.25, 0.3) is 0 Å². The molecule has 6 heteroatoms. The number of rotatable bonds is 15. The molecule has 0 spiro atoms. The van der Waals surface area contributed by atoms with Gasteiger partial charge in [-0.25, -0.2) is 8.78 Å².